The fraction of sp³-hybridized carbons (Fsp3) is 0.125. The van der Waals surface area contributed by atoms with Crippen molar-refractivity contribution in [3.05, 3.63) is 53.1 Å². The highest BCUT2D eigenvalue weighted by atomic mass is 35.5. The molecule has 0 fully saturated rings. The maximum atomic E-state index is 11.9. The van der Waals surface area contributed by atoms with Crippen LogP contribution in [-0.2, 0) is 9.59 Å². The highest BCUT2D eigenvalue weighted by molar-refractivity contribution is 6.43. The van der Waals surface area contributed by atoms with E-state index < -0.39 is 11.8 Å². The molecule has 22 heavy (non-hydrogen) atoms. The molecule has 2 N–H and O–H groups in total. The van der Waals surface area contributed by atoms with E-state index >= 15 is 0 Å². The third-order valence-electron chi connectivity index (χ3n) is 2.93. The summed E-state index contributed by atoms with van der Waals surface area (Å²) < 4.78 is 5.02. The molecule has 114 valence electrons. The van der Waals surface area contributed by atoms with Crippen molar-refractivity contribution in [3.8, 4) is 5.75 Å². The summed E-state index contributed by atoms with van der Waals surface area (Å²) in [5, 5.41) is 5.34. The Hall–Kier alpha value is -2.53. The van der Waals surface area contributed by atoms with Crippen molar-refractivity contribution < 1.29 is 14.3 Å². The summed E-state index contributed by atoms with van der Waals surface area (Å²) in [7, 11) is 1.49. The number of ether oxygens (including phenoxy) is 1. The Morgan fingerprint density at radius 2 is 1.50 bits per heavy atom. The van der Waals surface area contributed by atoms with Crippen molar-refractivity contribution in [2.24, 2.45) is 0 Å². The van der Waals surface area contributed by atoms with Crippen LogP contribution in [0.3, 0.4) is 0 Å². The number of anilines is 2. The van der Waals surface area contributed by atoms with E-state index in [1.165, 1.54) is 13.2 Å². The van der Waals surface area contributed by atoms with Crippen molar-refractivity contribution in [1.82, 2.24) is 0 Å². The molecule has 0 saturated heterocycles. The third kappa shape index (κ3) is 3.99. The summed E-state index contributed by atoms with van der Waals surface area (Å²) in [6.45, 7) is 1.94. The van der Waals surface area contributed by atoms with Gasteiger partial charge in [-0.25, -0.2) is 0 Å². The molecule has 0 radical (unpaired) electrons. The Labute approximate surface area is 133 Å². The molecule has 0 unspecified atom stereocenters. The zero-order valence-corrected chi connectivity index (χ0v) is 12.9. The topological polar surface area (TPSA) is 67.4 Å². The lowest BCUT2D eigenvalue weighted by molar-refractivity contribution is -0.132. The first-order chi connectivity index (χ1) is 10.5. The Balaban J connectivity index is 2.00. The Morgan fingerprint density at radius 3 is 2.05 bits per heavy atom. The first-order valence-electron chi connectivity index (χ1n) is 6.52. The summed E-state index contributed by atoms with van der Waals surface area (Å²) in [5.74, 6) is -1.04. The highest BCUT2D eigenvalue weighted by Gasteiger charge is 2.14. The van der Waals surface area contributed by atoms with E-state index in [4.69, 9.17) is 16.3 Å². The van der Waals surface area contributed by atoms with Crippen LogP contribution < -0.4 is 15.4 Å². The number of aryl methyl sites for hydroxylation is 1. The third-order valence-corrected chi connectivity index (χ3v) is 3.22. The van der Waals surface area contributed by atoms with Gasteiger partial charge in [0.15, 0.2) is 0 Å². The van der Waals surface area contributed by atoms with Crippen LogP contribution in [0.15, 0.2) is 42.5 Å². The zero-order chi connectivity index (χ0) is 16.1. The van der Waals surface area contributed by atoms with Crippen LogP contribution in [-0.4, -0.2) is 18.9 Å². The van der Waals surface area contributed by atoms with Crippen LogP contribution in [0.2, 0.25) is 5.02 Å². The zero-order valence-electron chi connectivity index (χ0n) is 12.1. The van der Waals surface area contributed by atoms with Gasteiger partial charge in [0.1, 0.15) is 5.75 Å². The Kier molecular flexibility index (Phi) is 5.01. The van der Waals surface area contributed by atoms with Gasteiger partial charge < -0.3 is 15.4 Å². The number of carbonyl (C=O) groups excluding carboxylic acids is 2. The number of amides is 2. The molecule has 5 nitrogen and oxygen atoms in total. The molecule has 0 atom stereocenters. The van der Waals surface area contributed by atoms with E-state index in [1.54, 1.807) is 24.3 Å². The molecule has 0 aromatic heterocycles. The number of hydrogen-bond acceptors (Lipinski definition) is 3. The average molecular weight is 319 g/mol. The number of carbonyl (C=O) groups is 2. The molecule has 0 heterocycles. The SMILES string of the molecule is COc1ccc(NC(=O)C(=O)Nc2ccc(C)cc2)cc1Cl. The first-order valence-corrected chi connectivity index (χ1v) is 6.90. The minimum absolute atomic E-state index is 0.347. The molecular weight excluding hydrogens is 304 g/mol. The monoisotopic (exact) mass is 318 g/mol. The van der Waals surface area contributed by atoms with Gasteiger partial charge in [0.2, 0.25) is 0 Å². The summed E-state index contributed by atoms with van der Waals surface area (Å²) >= 11 is 5.96. The standard InChI is InChI=1S/C16H15ClN2O3/c1-10-3-5-11(6-4-10)18-15(20)16(21)19-12-7-8-14(22-2)13(17)9-12/h3-9H,1-2H3,(H,18,20)(H,19,21). The number of methoxy groups -OCH3 is 1. The van der Waals surface area contributed by atoms with E-state index in [0.717, 1.165) is 5.56 Å². The van der Waals surface area contributed by atoms with Gasteiger partial charge in [-0.3, -0.25) is 9.59 Å². The molecule has 0 saturated carbocycles. The molecule has 6 heteroatoms. The van der Waals surface area contributed by atoms with E-state index in [9.17, 15) is 9.59 Å². The van der Waals surface area contributed by atoms with Crippen molar-refractivity contribution in [2.75, 3.05) is 17.7 Å². The van der Waals surface area contributed by atoms with Gasteiger partial charge >= 0.3 is 11.8 Å². The van der Waals surface area contributed by atoms with Crippen LogP contribution in [0.5, 0.6) is 5.75 Å². The quantitative estimate of drug-likeness (QED) is 0.854. The molecule has 0 bridgehead atoms. The van der Waals surface area contributed by atoms with Crippen LogP contribution in [0.25, 0.3) is 0 Å². The van der Waals surface area contributed by atoms with E-state index in [-0.39, 0.29) is 0 Å². The van der Waals surface area contributed by atoms with Gasteiger partial charge in [0.05, 0.1) is 12.1 Å². The van der Waals surface area contributed by atoms with E-state index in [0.29, 0.717) is 22.1 Å². The summed E-state index contributed by atoms with van der Waals surface area (Å²) in [6, 6.07) is 11.9. The number of nitrogens with one attached hydrogen (secondary N) is 2. The molecule has 0 spiro atoms. The predicted molar refractivity (Wildman–Crippen MR) is 86.4 cm³/mol. The summed E-state index contributed by atoms with van der Waals surface area (Å²) in [5.41, 5.74) is 2.03. The fourth-order valence-electron chi connectivity index (χ4n) is 1.76. The van der Waals surface area contributed by atoms with Gasteiger partial charge in [0.25, 0.3) is 0 Å². The summed E-state index contributed by atoms with van der Waals surface area (Å²) in [4.78, 5) is 23.7. The second-order valence-electron chi connectivity index (χ2n) is 4.62. The number of rotatable bonds is 3. The maximum Gasteiger partial charge on any atom is 0.314 e. The normalized spacial score (nSPS) is 9.95. The van der Waals surface area contributed by atoms with Gasteiger partial charge in [0, 0.05) is 11.4 Å². The van der Waals surface area contributed by atoms with E-state index in [1.807, 2.05) is 19.1 Å². The highest BCUT2D eigenvalue weighted by Crippen LogP contribution is 2.27. The van der Waals surface area contributed by atoms with Gasteiger partial charge in [-0.2, -0.15) is 0 Å². The minimum atomic E-state index is -0.776. The molecule has 2 rings (SSSR count). The molecule has 2 aromatic rings. The number of halogens is 1. The van der Waals surface area contributed by atoms with Gasteiger partial charge in [-0.05, 0) is 37.3 Å². The predicted octanol–water partition coefficient (Wildman–Crippen LogP) is 3.23. The molecule has 2 amide bonds. The summed E-state index contributed by atoms with van der Waals surface area (Å²) in [6.07, 6.45) is 0. The van der Waals surface area contributed by atoms with Crippen LogP contribution in [0.1, 0.15) is 5.56 Å². The molecule has 2 aromatic carbocycles. The Morgan fingerprint density at radius 1 is 0.955 bits per heavy atom. The average Bonchev–Trinajstić information content (AvgIpc) is 2.49. The fourth-order valence-corrected chi connectivity index (χ4v) is 2.01. The van der Waals surface area contributed by atoms with Crippen molar-refractivity contribution >= 4 is 34.8 Å². The molecule has 0 aliphatic heterocycles. The van der Waals surface area contributed by atoms with Gasteiger partial charge in [-0.15, -0.1) is 0 Å². The van der Waals surface area contributed by atoms with Crippen LogP contribution >= 0.6 is 11.6 Å². The van der Waals surface area contributed by atoms with E-state index in [2.05, 4.69) is 10.6 Å². The van der Waals surface area contributed by atoms with Crippen LogP contribution in [0.4, 0.5) is 11.4 Å². The molecule has 0 aliphatic carbocycles. The molecule has 0 aliphatic rings. The number of hydrogen-bond donors (Lipinski definition) is 2. The van der Waals surface area contributed by atoms with Crippen molar-refractivity contribution in [3.63, 3.8) is 0 Å². The van der Waals surface area contributed by atoms with Crippen molar-refractivity contribution in [2.45, 2.75) is 6.92 Å². The number of benzene rings is 2. The largest absolute Gasteiger partial charge is 0.495 e. The lowest BCUT2D eigenvalue weighted by Gasteiger charge is -2.08. The maximum absolute atomic E-state index is 11.9. The minimum Gasteiger partial charge on any atom is -0.495 e. The lowest BCUT2D eigenvalue weighted by Crippen LogP contribution is -2.29. The van der Waals surface area contributed by atoms with Crippen molar-refractivity contribution in [1.29, 1.82) is 0 Å². The second-order valence-corrected chi connectivity index (χ2v) is 5.03. The van der Waals surface area contributed by atoms with Crippen LogP contribution in [0, 0.1) is 6.92 Å². The second kappa shape index (κ2) is 6.95. The first kappa shape index (κ1) is 15.9. The smallest absolute Gasteiger partial charge is 0.314 e. The molecular formula is C16H15ClN2O3. The van der Waals surface area contributed by atoms with Gasteiger partial charge in [-0.1, -0.05) is 29.3 Å². The lowest BCUT2D eigenvalue weighted by atomic mass is 10.2. The Bertz CT molecular complexity index is 699.